The van der Waals surface area contributed by atoms with Crippen molar-refractivity contribution >= 4 is 27.3 Å². The molecule has 1 fully saturated rings. The molecule has 0 N–H and O–H groups in total. The summed E-state index contributed by atoms with van der Waals surface area (Å²) in [5, 5.41) is 0.363. The highest BCUT2D eigenvalue weighted by Crippen LogP contribution is 2.30. The Morgan fingerprint density at radius 3 is 2.30 bits per heavy atom. The molecule has 0 spiro atoms. The molecule has 0 aromatic heterocycles. The van der Waals surface area contributed by atoms with Gasteiger partial charge in [-0.1, -0.05) is 11.6 Å². The van der Waals surface area contributed by atoms with Crippen LogP contribution in [0.15, 0.2) is 47.4 Å². The maximum Gasteiger partial charge on any atom is 0.246 e. The summed E-state index contributed by atoms with van der Waals surface area (Å²) >= 11 is 6.00. The zero-order valence-corrected chi connectivity index (χ0v) is 17.0. The Bertz CT molecular complexity index is 879. The maximum atomic E-state index is 13.0. The predicted molar refractivity (Wildman–Crippen MR) is 107 cm³/mol. The van der Waals surface area contributed by atoms with Gasteiger partial charge in [0, 0.05) is 36.9 Å². The smallest absolute Gasteiger partial charge is 0.246 e. The molecule has 146 valence electrons. The van der Waals surface area contributed by atoms with E-state index in [9.17, 15) is 8.42 Å². The lowest BCUT2D eigenvalue weighted by Gasteiger charge is -2.35. The summed E-state index contributed by atoms with van der Waals surface area (Å²) in [5.74, 6) is 1.13. The van der Waals surface area contributed by atoms with E-state index in [1.807, 2.05) is 31.2 Å². The molecule has 0 radical (unpaired) electrons. The van der Waals surface area contributed by atoms with E-state index in [4.69, 9.17) is 21.1 Å². The first-order valence-electron chi connectivity index (χ1n) is 8.77. The minimum Gasteiger partial charge on any atom is -0.495 e. The van der Waals surface area contributed by atoms with Crippen LogP contribution in [0.1, 0.15) is 6.92 Å². The summed E-state index contributed by atoms with van der Waals surface area (Å²) < 4.78 is 38.2. The number of hydrogen-bond acceptors (Lipinski definition) is 5. The molecule has 3 rings (SSSR count). The molecule has 1 saturated heterocycles. The molecule has 1 aliphatic rings. The van der Waals surface area contributed by atoms with Gasteiger partial charge in [-0.05, 0) is 49.4 Å². The van der Waals surface area contributed by atoms with Gasteiger partial charge in [-0.15, -0.1) is 0 Å². The molecule has 8 heteroatoms. The van der Waals surface area contributed by atoms with E-state index in [1.165, 1.54) is 17.5 Å². The van der Waals surface area contributed by atoms with Crippen LogP contribution in [0.25, 0.3) is 0 Å². The molecule has 0 amide bonds. The van der Waals surface area contributed by atoms with E-state index in [0.717, 1.165) is 11.4 Å². The van der Waals surface area contributed by atoms with Crippen molar-refractivity contribution in [3.63, 3.8) is 0 Å². The van der Waals surface area contributed by atoms with Crippen LogP contribution < -0.4 is 14.4 Å². The normalized spacial score (nSPS) is 15.6. The van der Waals surface area contributed by atoms with Crippen LogP contribution in [0.4, 0.5) is 5.69 Å². The monoisotopic (exact) mass is 410 g/mol. The van der Waals surface area contributed by atoms with Gasteiger partial charge in [-0.3, -0.25) is 0 Å². The molecular weight excluding hydrogens is 388 g/mol. The van der Waals surface area contributed by atoms with E-state index < -0.39 is 10.0 Å². The highest BCUT2D eigenvalue weighted by molar-refractivity contribution is 7.89. The minimum absolute atomic E-state index is 0.104. The summed E-state index contributed by atoms with van der Waals surface area (Å²) in [6.07, 6.45) is 0. The van der Waals surface area contributed by atoms with E-state index >= 15 is 0 Å². The van der Waals surface area contributed by atoms with Crippen molar-refractivity contribution in [2.45, 2.75) is 11.8 Å². The first-order chi connectivity index (χ1) is 13.0. The number of ether oxygens (including phenoxy) is 2. The number of piperazine rings is 1. The number of anilines is 1. The van der Waals surface area contributed by atoms with E-state index in [1.54, 1.807) is 12.1 Å². The third kappa shape index (κ3) is 4.31. The number of methoxy groups -OCH3 is 1. The van der Waals surface area contributed by atoms with Crippen LogP contribution in [0, 0.1) is 0 Å². The minimum atomic E-state index is -3.67. The molecule has 2 aromatic rings. The zero-order chi connectivity index (χ0) is 19.4. The molecule has 0 aliphatic carbocycles. The average molecular weight is 411 g/mol. The van der Waals surface area contributed by atoms with Crippen LogP contribution in [0.3, 0.4) is 0 Å². The molecule has 2 aromatic carbocycles. The van der Waals surface area contributed by atoms with Gasteiger partial charge in [0.25, 0.3) is 0 Å². The average Bonchev–Trinajstić information content (AvgIpc) is 2.69. The number of sulfonamides is 1. The molecule has 0 saturated carbocycles. The first kappa shape index (κ1) is 19.8. The standard InChI is InChI=1S/C19H23ClN2O4S/c1-3-26-17-7-5-16(6-8-17)21-10-12-22(13-11-21)27(23,24)19-14-15(20)4-9-18(19)25-2/h4-9,14H,3,10-13H2,1-2H3. The third-order valence-electron chi connectivity index (χ3n) is 4.50. The van der Waals surface area contributed by atoms with Crippen molar-refractivity contribution in [3.8, 4) is 11.5 Å². The summed E-state index contributed by atoms with van der Waals surface area (Å²) in [6.45, 7) is 4.58. The summed E-state index contributed by atoms with van der Waals surface area (Å²) in [6, 6.07) is 12.5. The fourth-order valence-corrected chi connectivity index (χ4v) is 4.94. The topological polar surface area (TPSA) is 59.1 Å². The molecule has 1 heterocycles. The largest absolute Gasteiger partial charge is 0.495 e. The third-order valence-corrected chi connectivity index (χ3v) is 6.65. The molecule has 27 heavy (non-hydrogen) atoms. The molecule has 0 unspecified atom stereocenters. The van der Waals surface area contributed by atoms with Gasteiger partial charge in [-0.25, -0.2) is 8.42 Å². The fourth-order valence-electron chi connectivity index (χ4n) is 3.10. The van der Waals surface area contributed by atoms with Gasteiger partial charge in [0.1, 0.15) is 16.4 Å². The van der Waals surface area contributed by atoms with Gasteiger partial charge >= 0.3 is 0 Å². The fraction of sp³-hybridized carbons (Fsp3) is 0.368. The van der Waals surface area contributed by atoms with Crippen molar-refractivity contribution in [2.75, 3.05) is 44.8 Å². The lowest BCUT2D eigenvalue weighted by Crippen LogP contribution is -2.48. The van der Waals surface area contributed by atoms with Gasteiger partial charge in [0.15, 0.2) is 0 Å². The first-order valence-corrected chi connectivity index (χ1v) is 10.6. The number of rotatable bonds is 6. The highest BCUT2D eigenvalue weighted by atomic mass is 35.5. The Balaban J connectivity index is 1.72. The summed E-state index contributed by atoms with van der Waals surface area (Å²) in [4.78, 5) is 2.27. The van der Waals surface area contributed by atoms with Crippen molar-refractivity contribution in [1.29, 1.82) is 0 Å². The Morgan fingerprint density at radius 2 is 1.70 bits per heavy atom. The predicted octanol–water partition coefficient (Wildman–Crippen LogP) is 3.26. The van der Waals surface area contributed by atoms with Gasteiger partial charge in [-0.2, -0.15) is 4.31 Å². The van der Waals surface area contributed by atoms with Gasteiger partial charge in [0.05, 0.1) is 13.7 Å². The second kappa shape index (κ2) is 8.37. The van der Waals surface area contributed by atoms with Crippen molar-refractivity contribution in [2.24, 2.45) is 0 Å². The van der Waals surface area contributed by atoms with E-state index in [0.29, 0.717) is 43.6 Å². The highest BCUT2D eigenvalue weighted by Gasteiger charge is 2.31. The van der Waals surface area contributed by atoms with Crippen LogP contribution in [-0.4, -0.2) is 52.6 Å². The maximum absolute atomic E-state index is 13.0. The molecule has 6 nitrogen and oxygen atoms in total. The number of hydrogen-bond donors (Lipinski definition) is 0. The van der Waals surface area contributed by atoms with Crippen molar-refractivity contribution < 1.29 is 17.9 Å². The Kier molecular flexibility index (Phi) is 6.14. The SMILES string of the molecule is CCOc1ccc(N2CCN(S(=O)(=O)c3cc(Cl)ccc3OC)CC2)cc1. The molecule has 0 bridgehead atoms. The Labute approximate surface area is 165 Å². The van der Waals surface area contributed by atoms with E-state index in [-0.39, 0.29) is 4.90 Å². The second-order valence-electron chi connectivity index (χ2n) is 6.11. The quantitative estimate of drug-likeness (QED) is 0.731. The summed E-state index contributed by atoms with van der Waals surface area (Å²) in [5.41, 5.74) is 1.05. The van der Waals surface area contributed by atoms with Crippen molar-refractivity contribution in [3.05, 3.63) is 47.5 Å². The van der Waals surface area contributed by atoms with Crippen molar-refractivity contribution in [1.82, 2.24) is 4.31 Å². The second-order valence-corrected chi connectivity index (χ2v) is 8.46. The van der Waals surface area contributed by atoms with Gasteiger partial charge in [0.2, 0.25) is 10.0 Å². The van der Waals surface area contributed by atoms with Gasteiger partial charge < -0.3 is 14.4 Å². The molecular formula is C19H23ClN2O4S. The lowest BCUT2D eigenvalue weighted by molar-refractivity contribution is 0.340. The number of halogens is 1. The van der Waals surface area contributed by atoms with E-state index in [2.05, 4.69) is 4.90 Å². The lowest BCUT2D eigenvalue weighted by atomic mass is 10.2. The summed E-state index contributed by atoms with van der Waals surface area (Å²) in [7, 11) is -2.22. The number of nitrogens with zero attached hydrogens (tertiary/aromatic N) is 2. The van der Waals surface area contributed by atoms with Crippen LogP contribution >= 0.6 is 11.6 Å². The molecule has 0 atom stereocenters. The van der Waals surface area contributed by atoms with Crippen LogP contribution in [-0.2, 0) is 10.0 Å². The Hall–Kier alpha value is -1.96. The zero-order valence-electron chi connectivity index (χ0n) is 15.4. The van der Waals surface area contributed by atoms with Crippen LogP contribution in [0.5, 0.6) is 11.5 Å². The molecule has 1 aliphatic heterocycles. The van der Waals surface area contributed by atoms with Crippen LogP contribution in [0.2, 0.25) is 5.02 Å². The number of benzene rings is 2. The Morgan fingerprint density at radius 1 is 1.04 bits per heavy atom.